The number of esters is 2. The molecule has 1 amide bonds. The SMILES string of the molecule is CCOC(=O)C1=C2SC(C(=O)OC)=CC(=O)N2C(N)=C(C#N)C1c1ccc(F)cc1. The van der Waals surface area contributed by atoms with Gasteiger partial charge in [0.1, 0.15) is 21.6 Å². The molecule has 1 aromatic rings. The summed E-state index contributed by atoms with van der Waals surface area (Å²) in [5.74, 6) is -3.98. The van der Waals surface area contributed by atoms with E-state index in [4.69, 9.17) is 10.5 Å². The third-order valence-electron chi connectivity index (χ3n) is 4.42. The summed E-state index contributed by atoms with van der Waals surface area (Å²) in [7, 11) is 1.16. The molecule has 30 heavy (non-hydrogen) atoms. The number of carbonyl (C=O) groups excluding carboxylic acids is 3. The lowest BCUT2D eigenvalue weighted by molar-refractivity contribution is -0.139. The maximum absolute atomic E-state index is 13.5. The number of hydrogen-bond acceptors (Lipinski definition) is 8. The van der Waals surface area contributed by atoms with Crippen LogP contribution >= 0.6 is 11.8 Å². The smallest absolute Gasteiger partial charge is 0.344 e. The second-order valence-electron chi connectivity index (χ2n) is 6.11. The van der Waals surface area contributed by atoms with Crippen molar-refractivity contribution in [3.05, 3.63) is 68.6 Å². The van der Waals surface area contributed by atoms with Gasteiger partial charge in [-0.15, -0.1) is 0 Å². The Bertz CT molecular complexity index is 1070. The van der Waals surface area contributed by atoms with Crippen LogP contribution in [0.15, 0.2) is 57.2 Å². The van der Waals surface area contributed by atoms with Gasteiger partial charge in [-0.05, 0) is 24.6 Å². The maximum Gasteiger partial charge on any atom is 0.344 e. The number of amides is 1. The van der Waals surface area contributed by atoms with E-state index in [1.165, 1.54) is 24.3 Å². The van der Waals surface area contributed by atoms with Gasteiger partial charge in [-0.2, -0.15) is 5.26 Å². The Hall–Kier alpha value is -3.58. The highest BCUT2D eigenvalue weighted by Gasteiger charge is 2.44. The Morgan fingerprint density at radius 1 is 1.30 bits per heavy atom. The van der Waals surface area contributed by atoms with E-state index >= 15 is 0 Å². The van der Waals surface area contributed by atoms with Crippen molar-refractivity contribution in [3.8, 4) is 6.07 Å². The van der Waals surface area contributed by atoms with Crippen molar-refractivity contribution in [2.45, 2.75) is 12.8 Å². The number of rotatable bonds is 4. The van der Waals surface area contributed by atoms with Crippen LogP contribution in [0.5, 0.6) is 0 Å². The highest BCUT2D eigenvalue weighted by molar-refractivity contribution is 8.07. The van der Waals surface area contributed by atoms with Crippen LogP contribution in [0.1, 0.15) is 18.4 Å². The van der Waals surface area contributed by atoms with Crippen LogP contribution in [-0.4, -0.2) is 36.5 Å². The van der Waals surface area contributed by atoms with E-state index in [1.807, 2.05) is 6.07 Å². The first-order valence-corrected chi connectivity index (χ1v) is 9.54. The number of thioether (sulfide) groups is 1. The van der Waals surface area contributed by atoms with E-state index in [0.29, 0.717) is 5.56 Å². The van der Waals surface area contributed by atoms with Crippen molar-refractivity contribution in [2.75, 3.05) is 13.7 Å². The number of benzene rings is 1. The quantitative estimate of drug-likeness (QED) is 0.722. The normalized spacial score (nSPS) is 18.5. The Morgan fingerprint density at radius 3 is 2.53 bits per heavy atom. The van der Waals surface area contributed by atoms with Crippen LogP contribution in [0.2, 0.25) is 0 Å². The number of nitrogens with zero attached hydrogens (tertiary/aromatic N) is 2. The number of ether oxygens (including phenoxy) is 2. The van der Waals surface area contributed by atoms with Gasteiger partial charge in [0.25, 0.3) is 5.91 Å². The molecule has 154 valence electrons. The summed E-state index contributed by atoms with van der Waals surface area (Å²) >= 11 is 0.805. The molecule has 0 saturated carbocycles. The minimum atomic E-state index is -1.02. The Morgan fingerprint density at radius 2 is 1.97 bits per heavy atom. The minimum Gasteiger partial charge on any atom is -0.465 e. The molecule has 0 radical (unpaired) electrons. The average Bonchev–Trinajstić information content (AvgIpc) is 2.73. The van der Waals surface area contributed by atoms with Crippen LogP contribution < -0.4 is 5.73 Å². The van der Waals surface area contributed by atoms with E-state index in [1.54, 1.807) is 6.92 Å². The number of allylic oxidation sites excluding steroid dienone is 1. The molecule has 0 aliphatic carbocycles. The van der Waals surface area contributed by atoms with Crippen molar-refractivity contribution in [1.82, 2.24) is 4.90 Å². The zero-order chi connectivity index (χ0) is 22.0. The molecule has 2 aliphatic rings. The largest absolute Gasteiger partial charge is 0.465 e. The number of nitrogens with two attached hydrogens (primary N) is 1. The molecule has 0 fully saturated rings. The molecule has 10 heteroatoms. The summed E-state index contributed by atoms with van der Waals surface area (Å²) in [4.78, 5) is 38.6. The summed E-state index contributed by atoms with van der Waals surface area (Å²) in [6, 6.07) is 7.12. The van der Waals surface area contributed by atoms with Crippen LogP contribution in [0, 0.1) is 17.1 Å². The number of hydrogen-bond donors (Lipinski definition) is 1. The summed E-state index contributed by atoms with van der Waals surface area (Å²) in [6.07, 6.45) is 1.02. The van der Waals surface area contributed by atoms with Crippen LogP contribution in [0.3, 0.4) is 0 Å². The summed E-state index contributed by atoms with van der Waals surface area (Å²) in [6.45, 7) is 1.64. The summed E-state index contributed by atoms with van der Waals surface area (Å²) in [5, 5.41) is 9.80. The van der Waals surface area contributed by atoms with E-state index in [0.717, 1.165) is 29.8 Å². The predicted octanol–water partition coefficient (Wildman–Crippen LogP) is 2.02. The molecule has 8 nitrogen and oxygen atoms in total. The summed E-state index contributed by atoms with van der Waals surface area (Å²) < 4.78 is 23.3. The van der Waals surface area contributed by atoms with E-state index in [2.05, 4.69) is 4.74 Å². The molecule has 1 atom stereocenters. The predicted molar refractivity (Wildman–Crippen MR) is 104 cm³/mol. The first-order chi connectivity index (χ1) is 14.3. The van der Waals surface area contributed by atoms with Crippen molar-refractivity contribution >= 4 is 29.6 Å². The van der Waals surface area contributed by atoms with Crippen LogP contribution in [0.4, 0.5) is 4.39 Å². The molecule has 2 aliphatic heterocycles. The van der Waals surface area contributed by atoms with Gasteiger partial charge in [0, 0.05) is 6.08 Å². The first kappa shape index (κ1) is 21.1. The molecule has 0 aromatic heterocycles. The standard InChI is InChI=1S/C20H16FN3O5S/c1-3-29-20(27)16-15(10-4-6-11(21)7-5-10)12(9-22)17(23)24-14(25)8-13(19(26)28-2)30-18(16)24/h4-8,15H,3,23H2,1-2H3. The fourth-order valence-corrected chi connectivity index (χ4v) is 4.25. The van der Waals surface area contributed by atoms with Gasteiger partial charge in [-0.1, -0.05) is 23.9 Å². The van der Waals surface area contributed by atoms with Crippen molar-refractivity contribution in [1.29, 1.82) is 5.26 Å². The third kappa shape index (κ3) is 3.55. The molecule has 0 spiro atoms. The van der Waals surface area contributed by atoms with Gasteiger partial charge in [-0.25, -0.2) is 14.0 Å². The number of carbonyl (C=O) groups is 3. The second kappa shape index (κ2) is 8.42. The minimum absolute atomic E-state index is 0.0329. The fraction of sp³-hybridized carbons (Fsp3) is 0.200. The molecule has 1 aromatic carbocycles. The van der Waals surface area contributed by atoms with Crippen molar-refractivity contribution in [3.63, 3.8) is 0 Å². The zero-order valence-electron chi connectivity index (χ0n) is 16.0. The Kier molecular flexibility index (Phi) is 5.94. The van der Waals surface area contributed by atoms with Crippen molar-refractivity contribution < 1.29 is 28.2 Å². The molecule has 2 N–H and O–H groups in total. The number of nitriles is 1. The monoisotopic (exact) mass is 429 g/mol. The van der Waals surface area contributed by atoms with E-state index < -0.39 is 29.6 Å². The van der Waals surface area contributed by atoms with Gasteiger partial charge < -0.3 is 15.2 Å². The fourth-order valence-electron chi connectivity index (χ4n) is 3.12. The van der Waals surface area contributed by atoms with Gasteiger partial charge in [-0.3, -0.25) is 9.69 Å². The second-order valence-corrected chi connectivity index (χ2v) is 7.14. The molecule has 0 bridgehead atoms. The van der Waals surface area contributed by atoms with Gasteiger partial charge in [0.2, 0.25) is 0 Å². The zero-order valence-corrected chi connectivity index (χ0v) is 16.8. The van der Waals surface area contributed by atoms with Crippen molar-refractivity contribution in [2.24, 2.45) is 5.73 Å². The first-order valence-electron chi connectivity index (χ1n) is 8.72. The maximum atomic E-state index is 13.5. The van der Waals surface area contributed by atoms with E-state index in [9.17, 15) is 24.0 Å². The van der Waals surface area contributed by atoms with Gasteiger partial charge in [0.05, 0.1) is 36.9 Å². The molecule has 3 rings (SSSR count). The molecular weight excluding hydrogens is 413 g/mol. The average molecular weight is 429 g/mol. The Balaban J connectivity index is 2.30. The van der Waals surface area contributed by atoms with Crippen LogP contribution in [0.25, 0.3) is 0 Å². The lowest BCUT2D eigenvalue weighted by Crippen LogP contribution is -2.41. The van der Waals surface area contributed by atoms with Gasteiger partial charge >= 0.3 is 11.9 Å². The molecule has 0 saturated heterocycles. The third-order valence-corrected chi connectivity index (χ3v) is 5.52. The number of fused-ring (bicyclic) bond motifs is 1. The molecule has 2 heterocycles. The highest BCUT2D eigenvalue weighted by Crippen LogP contribution is 2.48. The Labute approximate surface area is 175 Å². The van der Waals surface area contributed by atoms with Gasteiger partial charge in [0.15, 0.2) is 0 Å². The summed E-state index contributed by atoms with van der Waals surface area (Å²) in [5.41, 5.74) is 6.40. The highest BCUT2D eigenvalue weighted by atomic mass is 32.2. The van der Waals surface area contributed by atoms with Crippen LogP contribution in [-0.2, 0) is 23.9 Å². The molecular formula is C20H16FN3O5S. The number of halogens is 1. The molecule has 1 unspecified atom stereocenters. The van der Waals surface area contributed by atoms with E-state index in [-0.39, 0.29) is 33.5 Å². The number of methoxy groups -OCH3 is 1. The lowest BCUT2D eigenvalue weighted by atomic mass is 9.83. The topological polar surface area (TPSA) is 123 Å². The lowest BCUT2D eigenvalue weighted by Gasteiger charge is -2.36.